The molecule has 2 aromatic carbocycles. The van der Waals surface area contributed by atoms with Gasteiger partial charge in [-0.25, -0.2) is 0 Å². The summed E-state index contributed by atoms with van der Waals surface area (Å²) < 4.78 is 5.17. The van der Waals surface area contributed by atoms with Gasteiger partial charge in [0.1, 0.15) is 5.75 Å². The highest BCUT2D eigenvalue weighted by atomic mass is 35.5. The van der Waals surface area contributed by atoms with E-state index in [9.17, 15) is 0 Å². The highest BCUT2D eigenvalue weighted by molar-refractivity contribution is 6.34. The Morgan fingerprint density at radius 3 is 2.14 bits per heavy atom. The molecule has 5 heteroatoms. The fourth-order valence-corrected chi connectivity index (χ4v) is 2.83. The van der Waals surface area contributed by atoms with Crippen LogP contribution >= 0.6 is 23.2 Å². The van der Waals surface area contributed by atoms with E-state index < -0.39 is 0 Å². The number of rotatable bonds is 5. The molecule has 0 aliphatic carbocycles. The number of methoxy groups -OCH3 is 1. The quantitative estimate of drug-likeness (QED) is 0.898. The summed E-state index contributed by atoms with van der Waals surface area (Å²) in [5.41, 5.74) is 7.98. The second kappa shape index (κ2) is 7.03. The lowest BCUT2D eigenvalue weighted by Crippen LogP contribution is -2.30. The monoisotopic (exact) mass is 324 g/mol. The van der Waals surface area contributed by atoms with Crippen molar-refractivity contribution in [1.29, 1.82) is 0 Å². The number of likely N-dealkylation sites (N-methyl/N-ethyl adjacent to an activating group) is 1. The molecule has 0 aliphatic heterocycles. The van der Waals surface area contributed by atoms with Gasteiger partial charge in [0.25, 0.3) is 0 Å². The Balaban J connectivity index is 2.30. The number of benzene rings is 2. The molecule has 0 aromatic heterocycles. The van der Waals surface area contributed by atoms with Gasteiger partial charge in [-0.1, -0.05) is 23.2 Å². The first-order valence-corrected chi connectivity index (χ1v) is 7.33. The third-order valence-corrected chi connectivity index (χ3v) is 3.88. The molecule has 3 nitrogen and oxygen atoms in total. The molecule has 21 heavy (non-hydrogen) atoms. The van der Waals surface area contributed by atoms with Gasteiger partial charge in [-0.3, -0.25) is 0 Å². The Bertz CT molecular complexity index is 581. The van der Waals surface area contributed by atoms with Crippen molar-refractivity contribution in [3.63, 3.8) is 0 Å². The first kappa shape index (κ1) is 16.0. The molecule has 0 radical (unpaired) electrons. The van der Waals surface area contributed by atoms with Crippen molar-refractivity contribution in [2.75, 3.05) is 25.6 Å². The van der Waals surface area contributed by atoms with Gasteiger partial charge in [-0.2, -0.15) is 0 Å². The number of hydrogen-bond donors (Lipinski definition) is 1. The van der Waals surface area contributed by atoms with Crippen molar-refractivity contribution in [2.45, 2.75) is 6.04 Å². The Hall–Kier alpha value is -1.42. The third kappa shape index (κ3) is 3.82. The van der Waals surface area contributed by atoms with Crippen LogP contribution in [0.4, 0.5) is 5.69 Å². The Labute approximate surface area is 135 Å². The zero-order valence-electron chi connectivity index (χ0n) is 12.0. The number of nitrogens with zero attached hydrogens (tertiary/aromatic N) is 1. The largest absolute Gasteiger partial charge is 0.497 e. The lowest BCUT2D eigenvalue weighted by molar-refractivity contribution is 0.415. The molecule has 2 N–H and O–H groups in total. The topological polar surface area (TPSA) is 38.5 Å². The summed E-state index contributed by atoms with van der Waals surface area (Å²) in [6, 6.07) is 13.3. The molecule has 0 fully saturated rings. The minimum Gasteiger partial charge on any atom is -0.497 e. The highest BCUT2D eigenvalue weighted by Crippen LogP contribution is 2.30. The van der Waals surface area contributed by atoms with E-state index in [1.165, 1.54) is 0 Å². The maximum atomic E-state index is 6.08. The van der Waals surface area contributed by atoms with Gasteiger partial charge in [0, 0.05) is 29.3 Å². The van der Waals surface area contributed by atoms with Gasteiger partial charge in [0.2, 0.25) is 0 Å². The molecule has 2 rings (SSSR count). The van der Waals surface area contributed by atoms with E-state index in [0.29, 0.717) is 16.6 Å². The number of halogens is 2. The summed E-state index contributed by atoms with van der Waals surface area (Å²) in [5.74, 6) is 0.822. The second-order valence-corrected chi connectivity index (χ2v) is 5.64. The van der Waals surface area contributed by atoms with Crippen LogP contribution in [0, 0.1) is 0 Å². The molecular weight excluding hydrogens is 307 g/mol. The zero-order chi connectivity index (χ0) is 15.4. The van der Waals surface area contributed by atoms with Crippen LogP contribution < -0.4 is 15.4 Å². The molecule has 1 unspecified atom stereocenters. The lowest BCUT2D eigenvalue weighted by atomic mass is 10.0. The lowest BCUT2D eigenvalue weighted by Gasteiger charge is -2.30. The van der Waals surface area contributed by atoms with Crippen molar-refractivity contribution < 1.29 is 4.74 Å². The van der Waals surface area contributed by atoms with Crippen molar-refractivity contribution in [3.8, 4) is 5.75 Å². The van der Waals surface area contributed by atoms with Crippen LogP contribution in [-0.2, 0) is 0 Å². The predicted octanol–water partition coefficient (Wildman–Crippen LogP) is 4.14. The molecule has 1 atom stereocenters. The molecule has 0 bridgehead atoms. The first-order chi connectivity index (χ1) is 10.0. The minimum atomic E-state index is -0.00500. The summed E-state index contributed by atoms with van der Waals surface area (Å²) in [6.45, 7) is 0.458. The fraction of sp³-hybridized carbons (Fsp3) is 0.250. The van der Waals surface area contributed by atoms with Crippen molar-refractivity contribution in [3.05, 3.63) is 58.1 Å². The molecule has 0 saturated heterocycles. The van der Waals surface area contributed by atoms with Gasteiger partial charge in [-0.15, -0.1) is 0 Å². The summed E-state index contributed by atoms with van der Waals surface area (Å²) in [7, 11) is 3.64. The maximum absolute atomic E-state index is 6.08. The fourth-order valence-electron chi connectivity index (χ4n) is 2.28. The molecule has 0 spiro atoms. The Kier molecular flexibility index (Phi) is 5.34. The average Bonchev–Trinajstić information content (AvgIpc) is 2.47. The van der Waals surface area contributed by atoms with Gasteiger partial charge in [-0.05, 0) is 48.0 Å². The summed E-state index contributed by atoms with van der Waals surface area (Å²) in [4.78, 5) is 2.10. The third-order valence-electron chi connectivity index (χ3n) is 3.44. The van der Waals surface area contributed by atoms with Crippen LogP contribution in [0.3, 0.4) is 0 Å². The number of nitrogens with two attached hydrogens (primary N) is 1. The van der Waals surface area contributed by atoms with E-state index in [2.05, 4.69) is 4.90 Å². The highest BCUT2D eigenvalue weighted by Gasteiger charge is 2.17. The molecule has 112 valence electrons. The summed E-state index contributed by atoms with van der Waals surface area (Å²) in [6.07, 6.45) is 0. The van der Waals surface area contributed by atoms with Crippen LogP contribution in [0.15, 0.2) is 42.5 Å². The summed E-state index contributed by atoms with van der Waals surface area (Å²) >= 11 is 12.2. The Morgan fingerprint density at radius 1 is 1.10 bits per heavy atom. The number of anilines is 1. The standard InChI is InChI=1S/C16H18Cl2N2O/c1-20(14-3-5-15(21-2)6-4-14)16(10-19)11-7-12(17)9-13(18)8-11/h3-9,16H,10,19H2,1-2H3. The van der Waals surface area contributed by atoms with E-state index in [1.54, 1.807) is 13.2 Å². The molecule has 2 aromatic rings. The van der Waals surface area contributed by atoms with E-state index in [-0.39, 0.29) is 6.04 Å². The molecule has 0 amide bonds. The molecular formula is C16H18Cl2N2O. The minimum absolute atomic E-state index is 0.00500. The van der Waals surface area contributed by atoms with E-state index in [4.69, 9.17) is 33.7 Å². The van der Waals surface area contributed by atoms with Crippen LogP contribution in [0.1, 0.15) is 11.6 Å². The smallest absolute Gasteiger partial charge is 0.119 e. The van der Waals surface area contributed by atoms with Crippen molar-refractivity contribution >= 4 is 28.9 Å². The predicted molar refractivity (Wildman–Crippen MR) is 89.7 cm³/mol. The van der Waals surface area contributed by atoms with Crippen LogP contribution in [-0.4, -0.2) is 20.7 Å². The van der Waals surface area contributed by atoms with Crippen LogP contribution in [0.25, 0.3) is 0 Å². The molecule has 0 aliphatic rings. The number of hydrogen-bond acceptors (Lipinski definition) is 3. The van der Waals surface area contributed by atoms with Gasteiger partial charge < -0.3 is 15.4 Å². The van der Waals surface area contributed by atoms with Gasteiger partial charge in [0.15, 0.2) is 0 Å². The van der Waals surface area contributed by atoms with E-state index >= 15 is 0 Å². The molecule has 0 heterocycles. The Morgan fingerprint density at radius 2 is 1.67 bits per heavy atom. The van der Waals surface area contributed by atoms with E-state index in [0.717, 1.165) is 17.0 Å². The molecule has 0 saturated carbocycles. The zero-order valence-corrected chi connectivity index (χ0v) is 13.5. The van der Waals surface area contributed by atoms with Crippen LogP contribution in [0.2, 0.25) is 10.0 Å². The van der Waals surface area contributed by atoms with Crippen molar-refractivity contribution in [1.82, 2.24) is 0 Å². The van der Waals surface area contributed by atoms with Gasteiger partial charge in [0.05, 0.1) is 13.2 Å². The van der Waals surface area contributed by atoms with E-state index in [1.807, 2.05) is 43.4 Å². The average molecular weight is 325 g/mol. The number of ether oxygens (including phenoxy) is 1. The first-order valence-electron chi connectivity index (χ1n) is 6.58. The van der Waals surface area contributed by atoms with Crippen LogP contribution in [0.5, 0.6) is 5.75 Å². The normalized spacial score (nSPS) is 12.0. The maximum Gasteiger partial charge on any atom is 0.119 e. The second-order valence-electron chi connectivity index (χ2n) is 4.76. The SMILES string of the molecule is COc1ccc(N(C)C(CN)c2cc(Cl)cc(Cl)c2)cc1. The summed E-state index contributed by atoms with van der Waals surface area (Å²) in [5, 5.41) is 1.22. The van der Waals surface area contributed by atoms with Crippen molar-refractivity contribution in [2.24, 2.45) is 5.73 Å². The van der Waals surface area contributed by atoms with Gasteiger partial charge >= 0.3 is 0 Å².